The van der Waals surface area contributed by atoms with Crippen molar-refractivity contribution in [3.63, 3.8) is 0 Å². The van der Waals surface area contributed by atoms with Crippen molar-refractivity contribution in [3.8, 4) is 0 Å². The van der Waals surface area contributed by atoms with E-state index in [4.69, 9.17) is 9.84 Å². The van der Waals surface area contributed by atoms with Crippen LogP contribution in [0.25, 0.3) is 0 Å². The molecule has 110 valence electrons. The highest BCUT2D eigenvalue weighted by Gasteiger charge is 2.29. The van der Waals surface area contributed by atoms with Gasteiger partial charge in [0.15, 0.2) is 0 Å². The molecular weight excluding hydrogens is 244 g/mol. The van der Waals surface area contributed by atoms with Gasteiger partial charge in [0, 0.05) is 19.1 Å². The van der Waals surface area contributed by atoms with E-state index in [9.17, 15) is 4.79 Å². The van der Waals surface area contributed by atoms with E-state index < -0.39 is 5.97 Å². The van der Waals surface area contributed by atoms with Crippen LogP contribution < -0.4 is 0 Å². The van der Waals surface area contributed by atoms with Crippen LogP contribution in [0.3, 0.4) is 0 Å². The van der Waals surface area contributed by atoms with Gasteiger partial charge in [-0.3, -0.25) is 9.69 Å². The Labute approximate surface area is 115 Å². The second kappa shape index (κ2) is 7.22. The molecule has 2 fully saturated rings. The fourth-order valence-electron chi connectivity index (χ4n) is 3.22. The predicted octanol–water partition coefficient (Wildman–Crippen LogP) is 1.04. The molecule has 1 unspecified atom stereocenters. The molecule has 2 aliphatic heterocycles. The maximum absolute atomic E-state index is 10.8. The summed E-state index contributed by atoms with van der Waals surface area (Å²) in [5.41, 5.74) is 0. The highest BCUT2D eigenvalue weighted by Crippen LogP contribution is 2.20. The number of ether oxygens (including phenoxy) is 1. The van der Waals surface area contributed by atoms with Crippen LogP contribution in [0.2, 0.25) is 0 Å². The van der Waals surface area contributed by atoms with Crippen molar-refractivity contribution in [2.45, 2.75) is 44.8 Å². The summed E-state index contributed by atoms with van der Waals surface area (Å²) in [6.45, 7) is 8.20. The predicted molar refractivity (Wildman–Crippen MR) is 73.3 cm³/mol. The van der Waals surface area contributed by atoms with Crippen LogP contribution in [0, 0.1) is 0 Å². The smallest absolute Gasteiger partial charge is 0.306 e. The third-order valence-corrected chi connectivity index (χ3v) is 4.19. The van der Waals surface area contributed by atoms with E-state index in [1.54, 1.807) is 0 Å². The summed E-state index contributed by atoms with van der Waals surface area (Å²) in [5, 5.41) is 8.85. The Morgan fingerprint density at radius 2 is 2.05 bits per heavy atom. The average molecular weight is 270 g/mol. The van der Waals surface area contributed by atoms with E-state index >= 15 is 0 Å². The minimum atomic E-state index is -0.760. The first-order valence-corrected chi connectivity index (χ1v) is 7.49. The lowest BCUT2D eigenvalue weighted by molar-refractivity contribution is -0.142. The number of nitrogens with zero attached hydrogens (tertiary/aromatic N) is 2. The Bertz CT molecular complexity index is 290. The topological polar surface area (TPSA) is 53.0 Å². The SMILES string of the molecule is CCCN1CCC(N2CCOC(CC(=O)O)C2)CC1. The van der Waals surface area contributed by atoms with Crippen molar-refractivity contribution in [1.82, 2.24) is 9.80 Å². The number of morpholine rings is 1. The van der Waals surface area contributed by atoms with Gasteiger partial charge in [0.25, 0.3) is 0 Å². The Morgan fingerprint density at radius 1 is 1.32 bits per heavy atom. The summed E-state index contributed by atoms with van der Waals surface area (Å²) in [6.07, 6.45) is 3.65. The lowest BCUT2D eigenvalue weighted by Gasteiger charge is -2.42. The Kier molecular flexibility index (Phi) is 5.60. The Hall–Kier alpha value is -0.650. The largest absolute Gasteiger partial charge is 0.481 e. The van der Waals surface area contributed by atoms with Crippen LogP contribution in [-0.2, 0) is 9.53 Å². The van der Waals surface area contributed by atoms with Gasteiger partial charge in [-0.1, -0.05) is 6.92 Å². The van der Waals surface area contributed by atoms with Gasteiger partial charge in [-0.2, -0.15) is 0 Å². The molecule has 19 heavy (non-hydrogen) atoms. The molecule has 0 aromatic carbocycles. The molecule has 2 saturated heterocycles. The molecule has 0 spiro atoms. The zero-order valence-corrected chi connectivity index (χ0v) is 11.9. The number of hydrogen-bond donors (Lipinski definition) is 1. The van der Waals surface area contributed by atoms with Gasteiger partial charge in [-0.05, 0) is 38.9 Å². The molecule has 2 rings (SSSR count). The molecule has 5 heteroatoms. The highest BCUT2D eigenvalue weighted by molar-refractivity contribution is 5.67. The molecule has 1 atom stereocenters. The summed E-state index contributed by atoms with van der Waals surface area (Å²) in [7, 11) is 0. The standard InChI is InChI=1S/C14H26N2O3/c1-2-5-15-6-3-12(4-7-15)16-8-9-19-13(11-16)10-14(17)18/h12-13H,2-11H2,1H3,(H,17,18). The van der Waals surface area contributed by atoms with Crippen LogP contribution in [0.5, 0.6) is 0 Å². The number of carbonyl (C=O) groups is 1. The normalized spacial score (nSPS) is 27.5. The third kappa shape index (κ3) is 4.44. The quantitative estimate of drug-likeness (QED) is 0.809. The number of rotatable bonds is 5. The second-order valence-electron chi connectivity index (χ2n) is 5.66. The molecule has 0 saturated carbocycles. The minimum Gasteiger partial charge on any atom is -0.481 e. The Balaban J connectivity index is 1.77. The third-order valence-electron chi connectivity index (χ3n) is 4.19. The van der Waals surface area contributed by atoms with Crippen molar-refractivity contribution >= 4 is 5.97 Å². The van der Waals surface area contributed by atoms with Crippen molar-refractivity contribution in [2.24, 2.45) is 0 Å². The van der Waals surface area contributed by atoms with Crippen LogP contribution in [0.1, 0.15) is 32.6 Å². The maximum atomic E-state index is 10.8. The van der Waals surface area contributed by atoms with Gasteiger partial charge >= 0.3 is 5.97 Å². The molecular formula is C14H26N2O3. The summed E-state index contributed by atoms with van der Waals surface area (Å²) < 4.78 is 5.54. The number of carboxylic acids is 1. The van der Waals surface area contributed by atoms with Crippen LogP contribution in [0.4, 0.5) is 0 Å². The van der Waals surface area contributed by atoms with Gasteiger partial charge in [-0.25, -0.2) is 0 Å². The van der Waals surface area contributed by atoms with Gasteiger partial charge in [-0.15, -0.1) is 0 Å². The molecule has 2 heterocycles. The maximum Gasteiger partial charge on any atom is 0.306 e. The van der Waals surface area contributed by atoms with Gasteiger partial charge in [0.05, 0.1) is 19.1 Å². The number of hydrogen-bond acceptors (Lipinski definition) is 4. The average Bonchev–Trinajstić information content (AvgIpc) is 2.39. The van der Waals surface area contributed by atoms with E-state index in [0.717, 1.165) is 13.1 Å². The van der Waals surface area contributed by atoms with E-state index in [-0.39, 0.29) is 12.5 Å². The molecule has 0 radical (unpaired) electrons. The zero-order valence-electron chi connectivity index (χ0n) is 11.9. The van der Waals surface area contributed by atoms with Crippen molar-refractivity contribution in [1.29, 1.82) is 0 Å². The minimum absolute atomic E-state index is 0.125. The number of carboxylic acid groups (broad SMARTS) is 1. The monoisotopic (exact) mass is 270 g/mol. The van der Waals surface area contributed by atoms with E-state index in [1.165, 1.54) is 38.9 Å². The molecule has 2 aliphatic rings. The van der Waals surface area contributed by atoms with Gasteiger partial charge < -0.3 is 14.7 Å². The van der Waals surface area contributed by atoms with E-state index in [1.807, 2.05) is 0 Å². The summed E-state index contributed by atoms with van der Waals surface area (Å²) in [4.78, 5) is 15.7. The lowest BCUT2D eigenvalue weighted by Crippen LogP contribution is -2.51. The van der Waals surface area contributed by atoms with Crippen LogP contribution in [-0.4, -0.2) is 72.4 Å². The van der Waals surface area contributed by atoms with Crippen molar-refractivity contribution in [2.75, 3.05) is 39.3 Å². The molecule has 0 amide bonds. The highest BCUT2D eigenvalue weighted by atomic mass is 16.5. The fraction of sp³-hybridized carbons (Fsp3) is 0.929. The number of piperidine rings is 1. The van der Waals surface area contributed by atoms with Crippen molar-refractivity contribution < 1.29 is 14.6 Å². The first-order valence-electron chi connectivity index (χ1n) is 7.49. The number of aliphatic carboxylic acids is 1. The summed E-state index contributed by atoms with van der Waals surface area (Å²) in [6, 6.07) is 0.619. The molecule has 0 aliphatic carbocycles. The van der Waals surface area contributed by atoms with E-state index in [2.05, 4.69) is 16.7 Å². The Morgan fingerprint density at radius 3 is 2.68 bits per heavy atom. The lowest BCUT2D eigenvalue weighted by atomic mass is 10.0. The second-order valence-corrected chi connectivity index (χ2v) is 5.66. The molecule has 0 aromatic heterocycles. The first kappa shape index (κ1) is 14.8. The zero-order chi connectivity index (χ0) is 13.7. The molecule has 1 N–H and O–H groups in total. The summed E-state index contributed by atoms with van der Waals surface area (Å²) >= 11 is 0. The van der Waals surface area contributed by atoms with Crippen LogP contribution >= 0.6 is 0 Å². The number of likely N-dealkylation sites (tertiary alicyclic amines) is 1. The van der Waals surface area contributed by atoms with Gasteiger partial charge in [0.2, 0.25) is 0 Å². The fourth-order valence-corrected chi connectivity index (χ4v) is 3.22. The van der Waals surface area contributed by atoms with Crippen LogP contribution in [0.15, 0.2) is 0 Å². The van der Waals surface area contributed by atoms with E-state index in [0.29, 0.717) is 12.6 Å². The molecule has 0 bridgehead atoms. The molecule has 0 aromatic rings. The molecule has 5 nitrogen and oxygen atoms in total. The van der Waals surface area contributed by atoms with Gasteiger partial charge in [0.1, 0.15) is 0 Å². The van der Waals surface area contributed by atoms with Crippen molar-refractivity contribution in [3.05, 3.63) is 0 Å². The first-order chi connectivity index (χ1) is 9.19. The summed E-state index contributed by atoms with van der Waals surface area (Å²) in [5.74, 6) is -0.760.